The van der Waals surface area contributed by atoms with E-state index >= 15 is 0 Å². The fraction of sp³-hybridized carbons (Fsp3) is 0.250. The van der Waals surface area contributed by atoms with Gasteiger partial charge in [0.1, 0.15) is 11.6 Å². The Morgan fingerprint density at radius 3 is 2.52 bits per heavy atom. The van der Waals surface area contributed by atoms with Crippen LogP contribution in [0.1, 0.15) is 23.6 Å². The summed E-state index contributed by atoms with van der Waals surface area (Å²) in [6, 6.07) is 12.6. The number of rotatable bonds is 2. The molecule has 0 aromatic heterocycles. The molecule has 2 aromatic carbocycles. The van der Waals surface area contributed by atoms with Gasteiger partial charge >= 0.3 is 6.03 Å². The summed E-state index contributed by atoms with van der Waals surface area (Å²) in [5.74, 6) is -0.924. The molecule has 1 aliphatic rings. The van der Waals surface area contributed by atoms with Crippen LogP contribution in [-0.4, -0.2) is 36.5 Å². The lowest BCUT2D eigenvalue weighted by Crippen LogP contribution is -2.43. The first-order valence-electron chi connectivity index (χ1n) is 8.16. The van der Waals surface area contributed by atoms with Crippen LogP contribution in [0.15, 0.2) is 54.6 Å². The van der Waals surface area contributed by atoms with Crippen molar-refractivity contribution in [2.45, 2.75) is 12.5 Å². The summed E-state index contributed by atoms with van der Waals surface area (Å²) in [6.07, 6.45) is 2.33. The van der Waals surface area contributed by atoms with E-state index in [1.54, 1.807) is 19.0 Å². The Balaban J connectivity index is 2.05. The van der Waals surface area contributed by atoms with Gasteiger partial charge in [0.05, 0.1) is 6.04 Å². The quantitative estimate of drug-likeness (QED) is 0.789. The summed E-state index contributed by atoms with van der Waals surface area (Å²) < 4.78 is 27.7. The average Bonchev–Trinajstić information content (AvgIpc) is 2.63. The summed E-state index contributed by atoms with van der Waals surface area (Å²) in [5.41, 5.74) is 1.92. The van der Waals surface area contributed by atoms with E-state index in [1.165, 1.54) is 11.0 Å². The van der Waals surface area contributed by atoms with E-state index in [1.807, 2.05) is 36.4 Å². The Morgan fingerprint density at radius 2 is 1.84 bits per heavy atom. The Bertz CT molecular complexity index is 803. The van der Waals surface area contributed by atoms with E-state index in [0.29, 0.717) is 18.5 Å². The highest BCUT2D eigenvalue weighted by molar-refractivity contribution is 5.77. The van der Waals surface area contributed by atoms with Gasteiger partial charge in [-0.15, -0.1) is 0 Å². The number of benzene rings is 2. The van der Waals surface area contributed by atoms with Crippen LogP contribution in [-0.2, 0) is 0 Å². The fourth-order valence-corrected chi connectivity index (χ4v) is 3.11. The van der Waals surface area contributed by atoms with Gasteiger partial charge in [-0.2, -0.15) is 0 Å². The topological polar surface area (TPSA) is 23.6 Å². The fourth-order valence-electron chi connectivity index (χ4n) is 3.11. The largest absolute Gasteiger partial charge is 0.331 e. The van der Waals surface area contributed by atoms with Gasteiger partial charge < -0.3 is 9.80 Å². The molecule has 0 N–H and O–H groups in total. The lowest BCUT2D eigenvalue weighted by Gasteiger charge is -2.36. The number of amides is 2. The van der Waals surface area contributed by atoms with Crippen LogP contribution in [0.25, 0.3) is 5.57 Å². The molecule has 0 saturated heterocycles. The molecule has 0 bridgehead atoms. The molecule has 0 spiro atoms. The number of nitrogens with zero attached hydrogens (tertiary/aromatic N) is 2. The minimum Gasteiger partial charge on any atom is -0.331 e. The second kappa shape index (κ2) is 7.05. The third-order valence-electron chi connectivity index (χ3n) is 4.36. The number of carbonyl (C=O) groups excluding carboxylic acids is 1. The highest BCUT2D eigenvalue weighted by atomic mass is 19.1. The summed E-state index contributed by atoms with van der Waals surface area (Å²) in [7, 11) is 3.41. The van der Waals surface area contributed by atoms with Gasteiger partial charge in [0.25, 0.3) is 0 Å². The van der Waals surface area contributed by atoms with Crippen molar-refractivity contribution in [3.05, 3.63) is 77.4 Å². The maximum Gasteiger partial charge on any atom is 0.320 e. The van der Waals surface area contributed by atoms with Gasteiger partial charge in [0.2, 0.25) is 0 Å². The molecule has 0 radical (unpaired) electrons. The minimum absolute atomic E-state index is 0.108. The van der Waals surface area contributed by atoms with E-state index in [2.05, 4.69) is 0 Å². The molecule has 25 heavy (non-hydrogen) atoms. The van der Waals surface area contributed by atoms with Crippen molar-refractivity contribution in [3.8, 4) is 0 Å². The maximum atomic E-state index is 14.2. The van der Waals surface area contributed by atoms with E-state index in [4.69, 9.17) is 0 Å². The molecule has 3 nitrogen and oxygen atoms in total. The molecule has 5 heteroatoms. The summed E-state index contributed by atoms with van der Waals surface area (Å²) in [5, 5.41) is 0. The molecule has 0 aliphatic carbocycles. The van der Waals surface area contributed by atoms with Crippen molar-refractivity contribution in [1.82, 2.24) is 9.80 Å². The van der Waals surface area contributed by atoms with Crippen LogP contribution in [0.5, 0.6) is 0 Å². The summed E-state index contributed by atoms with van der Waals surface area (Å²) >= 11 is 0. The molecular formula is C20H20F2N2O. The van der Waals surface area contributed by atoms with Crippen LogP contribution >= 0.6 is 0 Å². The second-order valence-electron chi connectivity index (χ2n) is 6.29. The molecule has 1 atom stereocenters. The predicted molar refractivity (Wildman–Crippen MR) is 93.9 cm³/mol. The van der Waals surface area contributed by atoms with Crippen molar-refractivity contribution in [3.63, 3.8) is 0 Å². The zero-order valence-corrected chi connectivity index (χ0v) is 14.2. The molecule has 3 rings (SSSR count). The molecule has 1 unspecified atom stereocenters. The van der Waals surface area contributed by atoms with Crippen molar-refractivity contribution >= 4 is 11.6 Å². The number of carbonyl (C=O) groups is 1. The number of hydrogen-bond acceptors (Lipinski definition) is 1. The van der Waals surface area contributed by atoms with Crippen LogP contribution in [0.4, 0.5) is 13.6 Å². The van der Waals surface area contributed by atoms with E-state index in [-0.39, 0.29) is 17.6 Å². The van der Waals surface area contributed by atoms with Gasteiger partial charge in [-0.3, -0.25) is 0 Å². The Labute approximate surface area is 146 Å². The highest BCUT2D eigenvalue weighted by Crippen LogP contribution is 2.35. The second-order valence-corrected chi connectivity index (χ2v) is 6.29. The highest BCUT2D eigenvalue weighted by Gasteiger charge is 2.29. The normalized spacial score (nSPS) is 17.2. The summed E-state index contributed by atoms with van der Waals surface area (Å²) in [6.45, 7) is 0.443. The van der Waals surface area contributed by atoms with Gasteiger partial charge in [0, 0.05) is 26.2 Å². The molecular weight excluding hydrogens is 322 g/mol. The van der Waals surface area contributed by atoms with E-state index < -0.39 is 11.6 Å². The van der Waals surface area contributed by atoms with Crippen LogP contribution in [0.2, 0.25) is 0 Å². The van der Waals surface area contributed by atoms with Crippen LogP contribution in [0.3, 0.4) is 0 Å². The number of urea groups is 1. The van der Waals surface area contributed by atoms with Crippen molar-refractivity contribution in [2.24, 2.45) is 0 Å². The lowest BCUT2D eigenvalue weighted by molar-refractivity contribution is 0.158. The lowest BCUT2D eigenvalue weighted by atomic mass is 9.92. The Hall–Kier alpha value is -2.69. The first kappa shape index (κ1) is 17.1. The van der Waals surface area contributed by atoms with Crippen LogP contribution < -0.4 is 0 Å². The third-order valence-corrected chi connectivity index (χ3v) is 4.36. The molecule has 2 amide bonds. The van der Waals surface area contributed by atoms with Gasteiger partial charge in [-0.05, 0) is 35.8 Å². The average molecular weight is 342 g/mol. The first-order valence-corrected chi connectivity index (χ1v) is 8.16. The maximum absolute atomic E-state index is 14.2. The molecule has 130 valence electrons. The van der Waals surface area contributed by atoms with Gasteiger partial charge in [-0.25, -0.2) is 13.6 Å². The Morgan fingerprint density at radius 1 is 1.12 bits per heavy atom. The molecule has 2 aromatic rings. The standard InChI is InChI=1S/C20H20F2N2O/c1-23(2)20(25)24-11-10-15(17-13-16(21)8-9-18(17)22)12-19(24)14-6-4-3-5-7-14/h3-9,12-13,19H,10-11H2,1-2H3. The summed E-state index contributed by atoms with van der Waals surface area (Å²) in [4.78, 5) is 15.8. The smallest absolute Gasteiger partial charge is 0.320 e. The number of hydrogen-bond donors (Lipinski definition) is 0. The van der Waals surface area contributed by atoms with Gasteiger partial charge in [-0.1, -0.05) is 36.4 Å². The van der Waals surface area contributed by atoms with E-state index in [0.717, 1.165) is 17.7 Å². The van der Waals surface area contributed by atoms with E-state index in [9.17, 15) is 13.6 Å². The minimum atomic E-state index is -0.472. The SMILES string of the molecule is CN(C)C(=O)N1CCC(c2cc(F)ccc2F)=CC1c1ccccc1. The Kier molecular flexibility index (Phi) is 4.83. The zero-order chi connectivity index (χ0) is 18.0. The predicted octanol–water partition coefficient (Wildman–Crippen LogP) is 4.48. The van der Waals surface area contributed by atoms with Crippen molar-refractivity contribution in [2.75, 3.05) is 20.6 Å². The first-order chi connectivity index (χ1) is 12.0. The van der Waals surface area contributed by atoms with Crippen molar-refractivity contribution < 1.29 is 13.6 Å². The third kappa shape index (κ3) is 3.55. The molecule has 0 fully saturated rings. The van der Waals surface area contributed by atoms with Gasteiger partial charge in [0.15, 0.2) is 0 Å². The van der Waals surface area contributed by atoms with Crippen LogP contribution in [0, 0.1) is 11.6 Å². The monoisotopic (exact) mass is 342 g/mol. The molecule has 0 saturated carbocycles. The molecule has 1 aliphatic heterocycles. The molecule has 1 heterocycles. The zero-order valence-electron chi connectivity index (χ0n) is 14.2. The number of halogens is 2. The van der Waals surface area contributed by atoms with Crippen molar-refractivity contribution in [1.29, 1.82) is 0 Å².